The van der Waals surface area contributed by atoms with E-state index < -0.39 is 18.1 Å². The Hall–Kier alpha value is -1.34. The first-order valence-corrected chi connectivity index (χ1v) is 6.21. The molecule has 2 heterocycles. The maximum Gasteiger partial charge on any atom is 0.326 e. The fraction of sp³-hybridized carbons (Fsp3) is 0.818. The summed E-state index contributed by atoms with van der Waals surface area (Å²) in [5.41, 5.74) is 5.76. The third-order valence-corrected chi connectivity index (χ3v) is 3.62. The van der Waals surface area contributed by atoms with Crippen LogP contribution in [0.1, 0.15) is 19.3 Å². The lowest BCUT2D eigenvalue weighted by Crippen LogP contribution is -2.51. The van der Waals surface area contributed by atoms with Crippen LogP contribution in [0.15, 0.2) is 0 Å². The molecular formula is C11H19N3O4. The monoisotopic (exact) mass is 257 g/mol. The number of hydrogen-bond acceptors (Lipinski definition) is 4. The van der Waals surface area contributed by atoms with Gasteiger partial charge in [-0.15, -0.1) is 0 Å². The van der Waals surface area contributed by atoms with Crippen LogP contribution in [0.3, 0.4) is 0 Å². The zero-order valence-electron chi connectivity index (χ0n) is 10.2. The molecule has 4 N–H and O–H groups in total. The van der Waals surface area contributed by atoms with Crippen LogP contribution < -0.4 is 5.73 Å². The third kappa shape index (κ3) is 2.56. The van der Waals surface area contributed by atoms with E-state index in [4.69, 9.17) is 10.8 Å². The average molecular weight is 257 g/mol. The molecule has 2 aliphatic rings. The Kier molecular flexibility index (Phi) is 3.72. The summed E-state index contributed by atoms with van der Waals surface area (Å²) in [5.74, 6) is -1.06. The number of urea groups is 1. The van der Waals surface area contributed by atoms with Gasteiger partial charge >= 0.3 is 12.0 Å². The second kappa shape index (κ2) is 5.11. The van der Waals surface area contributed by atoms with Crippen molar-refractivity contribution in [1.29, 1.82) is 0 Å². The highest BCUT2D eigenvalue weighted by atomic mass is 16.4. The fourth-order valence-corrected chi connectivity index (χ4v) is 2.53. The van der Waals surface area contributed by atoms with Crippen LogP contribution >= 0.6 is 0 Å². The first-order valence-electron chi connectivity index (χ1n) is 6.21. The number of likely N-dealkylation sites (tertiary alicyclic amines) is 2. The summed E-state index contributed by atoms with van der Waals surface area (Å²) in [6, 6.07) is -1.09. The standard InChI is InChI=1S/C11H19N3O4/c12-7-1-3-13(4-2-7)11(18)14-6-8(15)5-9(14)10(16)17/h7-9,15H,1-6,12H2,(H,16,17)/t8-,9-/m0/s1. The van der Waals surface area contributed by atoms with E-state index in [2.05, 4.69) is 0 Å². The smallest absolute Gasteiger partial charge is 0.326 e. The molecule has 0 aromatic carbocycles. The van der Waals surface area contributed by atoms with E-state index in [0.29, 0.717) is 13.1 Å². The third-order valence-electron chi connectivity index (χ3n) is 3.62. The van der Waals surface area contributed by atoms with Gasteiger partial charge in [0.05, 0.1) is 6.10 Å². The van der Waals surface area contributed by atoms with Gasteiger partial charge in [-0.3, -0.25) is 0 Å². The number of carboxylic acid groups (broad SMARTS) is 1. The Morgan fingerprint density at radius 3 is 2.39 bits per heavy atom. The highest BCUT2D eigenvalue weighted by Gasteiger charge is 2.40. The molecule has 0 aliphatic carbocycles. The molecule has 7 nitrogen and oxygen atoms in total. The van der Waals surface area contributed by atoms with Crippen LogP contribution in [0.2, 0.25) is 0 Å². The second-order valence-corrected chi connectivity index (χ2v) is 5.00. The van der Waals surface area contributed by atoms with Crippen molar-refractivity contribution in [2.45, 2.75) is 37.5 Å². The van der Waals surface area contributed by atoms with Crippen LogP contribution in [0.25, 0.3) is 0 Å². The molecule has 2 saturated heterocycles. The molecule has 2 amide bonds. The first-order chi connectivity index (χ1) is 8.49. The quantitative estimate of drug-likeness (QED) is 0.561. The van der Waals surface area contributed by atoms with Crippen molar-refractivity contribution in [3.05, 3.63) is 0 Å². The lowest BCUT2D eigenvalue weighted by Gasteiger charge is -2.34. The molecule has 0 radical (unpaired) electrons. The highest BCUT2D eigenvalue weighted by Crippen LogP contribution is 2.21. The van der Waals surface area contributed by atoms with Crippen LogP contribution in [0, 0.1) is 0 Å². The van der Waals surface area contributed by atoms with Gasteiger partial charge in [-0.05, 0) is 12.8 Å². The number of aliphatic carboxylic acids is 1. The van der Waals surface area contributed by atoms with Crippen molar-refractivity contribution in [1.82, 2.24) is 9.80 Å². The molecule has 2 aliphatic heterocycles. The van der Waals surface area contributed by atoms with E-state index in [1.807, 2.05) is 0 Å². The van der Waals surface area contributed by atoms with Gasteiger partial charge in [0, 0.05) is 32.1 Å². The van der Waals surface area contributed by atoms with E-state index in [1.54, 1.807) is 4.90 Å². The van der Waals surface area contributed by atoms with Gasteiger partial charge in [0.15, 0.2) is 0 Å². The molecule has 2 rings (SSSR count). The summed E-state index contributed by atoms with van der Waals surface area (Å²) >= 11 is 0. The number of carbonyl (C=O) groups is 2. The Morgan fingerprint density at radius 2 is 1.83 bits per heavy atom. The summed E-state index contributed by atoms with van der Waals surface area (Å²) in [6.07, 6.45) is 0.829. The summed E-state index contributed by atoms with van der Waals surface area (Å²) in [4.78, 5) is 26.1. The molecule has 0 aromatic heterocycles. The lowest BCUT2D eigenvalue weighted by molar-refractivity contribution is -0.141. The SMILES string of the molecule is NC1CCN(C(=O)N2C[C@@H](O)C[C@H]2C(=O)O)CC1. The van der Waals surface area contributed by atoms with Gasteiger partial charge in [-0.25, -0.2) is 9.59 Å². The van der Waals surface area contributed by atoms with Crippen molar-refractivity contribution in [2.24, 2.45) is 5.73 Å². The number of aliphatic hydroxyl groups excluding tert-OH is 1. The Bertz CT molecular complexity index is 341. The summed E-state index contributed by atoms with van der Waals surface area (Å²) < 4.78 is 0. The molecule has 0 bridgehead atoms. The first kappa shape index (κ1) is 13.1. The van der Waals surface area contributed by atoms with Gasteiger partial charge in [-0.1, -0.05) is 0 Å². The summed E-state index contributed by atoms with van der Waals surface area (Å²) in [5, 5.41) is 18.6. The zero-order chi connectivity index (χ0) is 13.3. The van der Waals surface area contributed by atoms with Gasteiger partial charge in [-0.2, -0.15) is 0 Å². The Morgan fingerprint density at radius 1 is 1.22 bits per heavy atom. The maximum absolute atomic E-state index is 12.2. The number of carboxylic acids is 1. The predicted molar refractivity (Wildman–Crippen MR) is 62.9 cm³/mol. The minimum Gasteiger partial charge on any atom is -0.480 e. The van der Waals surface area contributed by atoms with Crippen LogP contribution in [-0.4, -0.2) is 69.8 Å². The van der Waals surface area contributed by atoms with Crippen LogP contribution in [0.5, 0.6) is 0 Å². The predicted octanol–water partition coefficient (Wildman–Crippen LogP) is -0.951. The van der Waals surface area contributed by atoms with Crippen molar-refractivity contribution in [3.8, 4) is 0 Å². The maximum atomic E-state index is 12.2. The van der Waals surface area contributed by atoms with Crippen molar-refractivity contribution >= 4 is 12.0 Å². The number of nitrogens with zero attached hydrogens (tertiary/aromatic N) is 2. The average Bonchev–Trinajstić information content (AvgIpc) is 2.71. The number of nitrogens with two attached hydrogens (primary N) is 1. The molecule has 18 heavy (non-hydrogen) atoms. The molecule has 0 saturated carbocycles. The Labute approximate surface area is 105 Å². The number of carbonyl (C=O) groups excluding carboxylic acids is 1. The van der Waals surface area contributed by atoms with E-state index in [1.165, 1.54) is 4.90 Å². The normalized spacial score (nSPS) is 29.7. The Balaban J connectivity index is 2.01. The molecule has 2 atom stereocenters. The van der Waals surface area contributed by atoms with Gasteiger partial charge in [0.2, 0.25) is 0 Å². The largest absolute Gasteiger partial charge is 0.480 e. The van der Waals surface area contributed by atoms with Gasteiger partial charge in [0.1, 0.15) is 6.04 Å². The van der Waals surface area contributed by atoms with E-state index in [9.17, 15) is 14.7 Å². The van der Waals surface area contributed by atoms with E-state index in [0.717, 1.165) is 12.8 Å². The molecule has 102 valence electrons. The van der Waals surface area contributed by atoms with Gasteiger partial charge < -0.3 is 25.7 Å². The van der Waals surface area contributed by atoms with E-state index >= 15 is 0 Å². The lowest BCUT2D eigenvalue weighted by atomic mass is 10.1. The van der Waals surface area contributed by atoms with Crippen molar-refractivity contribution < 1.29 is 19.8 Å². The second-order valence-electron chi connectivity index (χ2n) is 5.00. The van der Waals surface area contributed by atoms with E-state index in [-0.39, 0.29) is 25.0 Å². The summed E-state index contributed by atoms with van der Waals surface area (Å²) in [6.45, 7) is 1.20. The van der Waals surface area contributed by atoms with Crippen LogP contribution in [0.4, 0.5) is 4.79 Å². The zero-order valence-corrected chi connectivity index (χ0v) is 10.2. The number of β-amino-alcohol motifs (C(OH)–C–C–N with tert-alkyl or cyclic N) is 1. The highest BCUT2D eigenvalue weighted by molar-refractivity contribution is 5.83. The van der Waals surface area contributed by atoms with Crippen molar-refractivity contribution in [2.75, 3.05) is 19.6 Å². The van der Waals surface area contributed by atoms with Crippen molar-refractivity contribution in [3.63, 3.8) is 0 Å². The minimum absolute atomic E-state index is 0.0956. The molecule has 7 heteroatoms. The number of amides is 2. The van der Waals surface area contributed by atoms with Gasteiger partial charge in [0.25, 0.3) is 0 Å². The number of hydrogen-bond donors (Lipinski definition) is 3. The molecule has 0 unspecified atom stereocenters. The number of aliphatic hydroxyl groups is 1. The number of rotatable bonds is 1. The topological polar surface area (TPSA) is 107 Å². The molecular weight excluding hydrogens is 238 g/mol. The molecule has 2 fully saturated rings. The molecule has 0 aromatic rings. The fourth-order valence-electron chi connectivity index (χ4n) is 2.53. The number of piperidine rings is 1. The minimum atomic E-state index is -1.06. The van der Waals surface area contributed by atoms with Crippen LogP contribution in [-0.2, 0) is 4.79 Å². The molecule has 0 spiro atoms. The summed E-state index contributed by atoms with van der Waals surface area (Å²) in [7, 11) is 0.